The van der Waals surface area contributed by atoms with Crippen LogP contribution in [0.5, 0.6) is 11.8 Å². The molecule has 244 valence electrons. The average Bonchev–Trinajstić information content (AvgIpc) is 3.73. The molecule has 12 heteroatoms. The molecule has 2 N–H and O–H groups in total. The molecule has 0 saturated carbocycles. The zero-order valence-corrected chi connectivity index (χ0v) is 25.3. The van der Waals surface area contributed by atoms with Crippen LogP contribution in [0.15, 0.2) is 30.5 Å². The second-order valence-corrected chi connectivity index (χ2v) is 13.1. The Morgan fingerprint density at radius 1 is 1.26 bits per heavy atom. The van der Waals surface area contributed by atoms with Gasteiger partial charge in [0.1, 0.15) is 41.3 Å². The number of aromatic nitrogens is 3. The molecular weight excluding hydrogens is 609 g/mol. The van der Waals surface area contributed by atoms with Gasteiger partial charge >= 0.3 is 6.01 Å². The standard InChI is InChI=1S/C35H35F3N6O3/c1-3-24-27(37)6-5-20-11-23(45)12-25(28(20)24)30-29(38)31-26(14-39-30)32(43-16-22-7-9-34(17-43,42-22)18-46-2)41-33(40-31)47-19-35-8-4-10-44(35)15-21(36)13-35/h1,5-6,11-12,14,21-22,42,45H,4,7-10,13,15-19H2,2H3/t21-,22+,34-,35+/m1/s1/i2D3,19D2. The minimum atomic E-state index is -2.63. The second kappa shape index (κ2) is 11.2. The van der Waals surface area contributed by atoms with Gasteiger partial charge in [-0.3, -0.25) is 9.88 Å². The average molecular weight is 650 g/mol. The van der Waals surface area contributed by atoms with Crippen molar-refractivity contribution in [1.29, 1.82) is 0 Å². The van der Waals surface area contributed by atoms with E-state index in [1.807, 2.05) is 4.90 Å². The third kappa shape index (κ3) is 4.94. The van der Waals surface area contributed by atoms with Gasteiger partial charge in [-0.15, -0.1) is 6.42 Å². The molecule has 0 spiro atoms. The summed E-state index contributed by atoms with van der Waals surface area (Å²) >= 11 is 0. The van der Waals surface area contributed by atoms with E-state index in [-0.39, 0.29) is 76.8 Å². The molecule has 2 bridgehead atoms. The van der Waals surface area contributed by atoms with Crippen LogP contribution in [0.4, 0.5) is 19.0 Å². The summed E-state index contributed by atoms with van der Waals surface area (Å²) in [6, 6.07) is 4.55. The number of hydrogen-bond acceptors (Lipinski definition) is 9. The van der Waals surface area contributed by atoms with E-state index < -0.39 is 48.5 Å². The first-order chi connectivity index (χ1) is 24.6. The summed E-state index contributed by atoms with van der Waals surface area (Å²) in [4.78, 5) is 17.0. The van der Waals surface area contributed by atoms with Crippen molar-refractivity contribution in [1.82, 2.24) is 25.2 Å². The summed E-state index contributed by atoms with van der Waals surface area (Å²) in [5, 5.41) is 14.7. The monoisotopic (exact) mass is 649 g/mol. The van der Waals surface area contributed by atoms with Crippen molar-refractivity contribution in [2.75, 3.05) is 51.3 Å². The molecule has 8 rings (SSSR count). The number of terminal acetylenes is 1. The van der Waals surface area contributed by atoms with E-state index in [9.17, 15) is 13.9 Å². The molecule has 4 fully saturated rings. The summed E-state index contributed by atoms with van der Waals surface area (Å²) in [6.07, 6.45) is 7.95. The predicted octanol–water partition coefficient (Wildman–Crippen LogP) is 4.72. The molecule has 0 radical (unpaired) electrons. The van der Waals surface area contributed by atoms with Crippen molar-refractivity contribution in [3.05, 3.63) is 47.7 Å². The fourth-order valence-corrected chi connectivity index (χ4v) is 8.09. The Morgan fingerprint density at radius 2 is 2.15 bits per heavy atom. The first-order valence-electron chi connectivity index (χ1n) is 18.1. The fraction of sp³-hybridized carbons (Fsp3) is 0.457. The lowest BCUT2D eigenvalue weighted by Crippen LogP contribution is -2.61. The van der Waals surface area contributed by atoms with Crippen molar-refractivity contribution >= 4 is 27.5 Å². The minimum absolute atomic E-state index is 0.00113. The van der Waals surface area contributed by atoms with Gasteiger partial charge in [0.05, 0.1) is 35.5 Å². The van der Waals surface area contributed by atoms with Crippen molar-refractivity contribution in [3.8, 4) is 35.4 Å². The Morgan fingerprint density at radius 3 is 3.00 bits per heavy atom. The SMILES string of the molecule is [2H]C([2H])([2H])OC[C@@]12CC[C@@H](CN(c3nc(OC([2H])([2H])[C@@]45CCCN4C[C@H](F)C5)nc4c(F)c(-c5cc(O)cc6ccc(F)c(C#C)c56)ncc34)C1)N2. The van der Waals surface area contributed by atoms with E-state index in [1.165, 1.54) is 24.4 Å². The first kappa shape index (κ1) is 24.9. The number of alkyl halides is 1. The van der Waals surface area contributed by atoms with Crippen LogP contribution in [0.25, 0.3) is 32.9 Å². The van der Waals surface area contributed by atoms with Crippen LogP contribution >= 0.6 is 0 Å². The van der Waals surface area contributed by atoms with Crippen molar-refractivity contribution in [2.45, 2.75) is 55.4 Å². The third-order valence-corrected chi connectivity index (χ3v) is 10.1. The number of halogens is 3. The maximum Gasteiger partial charge on any atom is 0.319 e. The normalized spacial score (nSPS) is 29.2. The van der Waals surface area contributed by atoms with E-state index >= 15 is 4.39 Å². The van der Waals surface area contributed by atoms with E-state index in [2.05, 4.69) is 26.2 Å². The molecule has 4 atom stereocenters. The van der Waals surface area contributed by atoms with E-state index in [0.29, 0.717) is 44.2 Å². The minimum Gasteiger partial charge on any atom is -0.508 e. The molecule has 47 heavy (non-hydrogen) atoms. The molecule has 4 aromatic rings. The molecule has 2 aromatic carbocycles. The fourth-order valence-electron chi connectivity index (χ4n) is 8.09. The van der Waals surface area contributed by atoms with E-state index in [1.54, 1.807) is 4.90 Å². The van der Waals surface area contributed by atoms with Gasteiger partial charge in [-0.2, -0.15) is 9.97 Å². The van der Waals surface area contributed by atoms with Crippen LogP contribution in [0.1, 0.15) is 44.5 Å². The molecule has 6 heterocycles. The maximum absolute atomic E-state index is 17.1. The largest absolute Gasteiger partial charge is 0.508 e. The lowest BCUT2D eigenvalue weighted by molar-refractivity contribution is 0.107. The number of pyridine rings is 1. The number of benzene rings is 2. The van der Waals surface area contributed by atoms with Gasteiger partial charge in [0, 0.05) is 56.3 Å². The smallest absolute Gasteiger partial charge is 0.319 e. The van der Waals surface area contributed by atoms with Crippen LogP contribution in [0.3, 0.4) is 0 Å². The van der Waals surface area contributed by atoms with E-state index in [0.717, 1.165) is 6.07 Å². The highest BCUT2D eigenvalue weighted by Gasteiger charge is 2.50. The van der Waals surface area contributed by atoms with Gasteiger partial charge in [-0.1, -0.05) is 12.0 Å². The molecule has 0 amide bonds. The summed E-state index contributed by atoms with van der Waals surface area (Å²) in [5.74, 6) is 0.510. The lowest BCUT2D eigenvalue weighted by atomic mass is 9.95. The quantitative estimate of drug-likeness (QED) is 0.276. The molecule has 9 nitrogen and oxygen atoms in total. The van der Waals surface area contributed by atoms with Crippen LogP contribution in [0, 0.1) is 24.0 Å². The number of phenolic OH excluding ortho intramolecular Hbond substituents is 1. The van der Waals surface area contributed by atoms with Crippen molar-refractivity contribution < 1.29 is 34.6 Å². The highest BCUT2D eigenvalue weighted by Crippen LogP contribution is 2.42. The van der Waals surface area contributed by atoms with Gasteiger partial charge in [0.15, 0.2) is 5.82 Å². The Balaban J connectivity index is 1.29. The second-order valence-electron chi connectivity index (χ2n) is 13.1. The topological polar surface area (TPSA) is 95.9 Å². The van der Waals surface area contributed by atoms with Crippen molar-refractivity contribution in [3.63, 3.8) is 0 Å². The van der Waals surface area contributed by atoms with E-state index in [4.69, 9.17) is 22.8 Å². The van der Waals surface area contributed by atoms with Gasteiger partial charge in [-0.25, -0.2) is 13.2 Å². The predicted molar refractivity (Wildman–Crippen MR) is 171 cm³/mol. The highest BCUT2D eigenvalue weighted by molar-refractivity contribution is 6.03. The Kier molecular flexibility index (Phi) is 5.95. The Bertz CT molecular complexity index is 2150. The van der Waals surface area contributed by atoms with Crippen molar-refractivity contribution in [2.24, 2.45) is 0 Å². The summed E-state index contributed by atoms with van der Waals surface area (Å²) in [5.41, 5.74) is -2.83. The van der Waals surface area contributed by atoms with Gasteiger partial charge in [0.25, 0.3) is 0 Å². The number of phenols is 1. The summed E-state index contributed by atoms with van der Waals surface area (Å²) in [7, 11) is -2.63. The molecule has 0 aliphatic carbocycles. The summed E-state index contributed by atoms with van der Waals surface area (Å²) in [6.45, 7) is -1.48. The van der Waals surface area contributed by atoms with Crippen LogP contribution < -0.4 is 15.0 Å². The number of nitrogens with one attached hydrogen (secondary N) is 1. The van der Waals surface area contributed by atoms with Crippen LogP contribution in [-0.4, -0.2) is 94.6 Å². The van der Waals surface area contributed by atoms with Gasteiger partial charge in [-0.05, 0) is 55.8 Å². The number of ether oxygens (including phenoxy) is 2. The zero-order chi connectivity index (χ0) is 36.8. The van der Waals surface area contributed by atoms with Gasteiger partial charge in [0.2, 0.25) is 0 Å². The molecule has 4 saturated heterocycles. The first-order valence-corrected chi connectivity index (χ1v) is 15.6. The number of anilines is 1. The molecule has 2 aromatic heterocycles. The third-order valence-electron chi connectivity index (χ3n) is 10.1. The maximum atomic E-state index is 17.1. The van der Waals surface area contributed by atoms with Gasteiger partial charge < -0.3 is 24.8 Å². The number of piperazine rings is 1. The molecule has 4 aliphatic rings. The Hall–Kier alpha value is -4.18. The van der Waals surface area contributed by atoms with Crippen LogP contribution in [0.2, 0.25) is 0 Å². The van der Waals surface area contributed by atoms with Crippen LogP contribution in [-0.2, 0) is 4.74 Å². The number of fused-ring (bicyclic) bond motifs is 5. The summed E-state index contributed by atoms with van der Waals surface area (Å²) < 4.78 is 98.9. The highest BCUT2D eigenvalue weighted by atomic mass is 19.1. The number of hydrogen-bond donors (Lipinski definition) is 2. The zero-order valence-electron chi connectivity index (χ0n) is 30.3. The molecular formula is C35H35F3N6O3. The molecule has 4 aliphatic heterocycles. The number of nitrogens with zero attached hydrogens (tertiary/aromatic N) is 5. The number of aromatic hydroxyl groups is 1. The molecule has 0 unspecified atom stereocenters. The Labute approximate surface area is 277 Å². The number of rotatable bonds is 7. The lowest BCUT2D eigenvalue weighted by Gasteiger charge is -2.41. The number of methoxy groups -OCH3 is 1.